The van der Waals surface area contributed by atoms with Gasteiger partial charge in [-0.2, -0.15) is 0 Å². The van der Waals surface area contributed by atoms with E-state index in [9.17, 15) is 9.59 Å². The summed E-state index contributed by atoms with van der Waals surface area (Å²) >= 11 is 1.23. The molecule has 0 spiro atoms. The first-order valence-corrected chi connectivity index (χ1v) is 8.45. The Morgan fingerprint density at radius 1 is 1.45 bits per heavy atom. The number of ether oxygens (including phenoxy) is 1. The summed E-state index contributed by atoms with van der Waals surface area (Å²) in [6.45, 7) is 7.87. The Hall–Kier alpha value is -1.40. The number of hydrogen-bond donors (Lipinski definition) is 2. The molecule has 0 bridgehead atoms. The third-order valence-electron chi connectivity index (χ3n) is 3.93. The summed E-state index contributed by atoms with van der Waals surface area (Å²) in [5.41, 5.74) is 5.64. The molecule has 1 aliphatic rings. The van der Waals surface area contributed by atoms with Crippen molar-refractivity contribution in [2.75, 3.05) is 13.2 Å². The van der Waals surface area contributed by atoms with Crippen molar-refractivity contribution in [3.63, 3.8) is 0 Å². The van der Waals surface area contributed by atoms with Gasteiger partial charge in [0.1, 0.15) is 0 Å². The van der Waals surface area contributed by atoms with Crippen LogP contribution in [0, 0.1) is 11.3 Å². The Bertz CT molecular complexity index is 548. The van der Waals surface area contributed by atoms with Crippen molar-refractivity contribution in [3.8, 4) is 0 Å². The maximum Gasteiger partial charge on any atom is 0.261 e. The second-order valence-corrected chi connectivity index (χ2v) is 7.74. The number of thiophene rings is 1. The van der Waals surface area contributed by atoms with Crippen molar-refractivity contribution in [2.24, 2.45) is 17.1 Å². The number of rotatable bonds is 4. The van der Waals surface area contributed by atoms with Crippen LogP contribution in [0.3, 0.4) is 0 Å². The highest BCUT2D eigenvalue weighted by Crippen LogP contribution is 2.33. The average molecular weight is 324 g/mol. The van der Waals surface area contributed by atoms with Crippen LogP contribution in [-0.4, -0.2) is 31.1 Å². The predicted molar refractivity (Wildman–Crippen MR) is 87.1 cm³/mol. The summed E-state index contributed by atoms with van der Waals surface area (Å²) in [7, 11) is 0. The number of carbonyl (C=O) groups is 2. The molecule has 1 aliphatic heterocycles. The molecule has 2 amide bonds. The smallest absolute Gasteiger partial charge is 0.261 e. The van der Waals surface area contributed by atoms with Gasteiger partial charge in [0.25, 0.3) is 5.91 Å². The van der Waals surface area contributed by atoms with Gasteiger partial charge in [-0.25, -0.2) is 0 Å². The standard InChI is InChI=1S/C16H24N2O3S/c1-16(2,3)13-10(5-4-6-21-13)8-18-15(20)12-7-11(9-22-12)14(17)19/h7,9-10,13H,4-6,8H2,1-3H3,(H2,17,19)(H,18,20). The molecule has 1 aromatic rings. The van der Waals surface area contributed by atoms with E-state index in [1.807, 2.05) is 0 Å². The molecule has 0 aromatic carbocycles. The summed E-state index contributed by atoms with van der Waals surface area (Å²) in [6, 6.07) is 1.54. The van der Waals surface area contributed by atoms with Crippen LogP contribution in [0.4, 0.5) is 0 Å². The summed E-state index contributed by atoms with van der Waals surface area (Å²) in [6.07, 6.45) is 2.22. The molecule has 6 heteroatoms. The number of nitrogens with one attached hydrogen (secondary N) is 1. The molecule has 3 N–H and O–H groups in total. The Morgan fingerprint density at radius 2 is 2.18 bits per heavy atom. The molecule has 122 valence electrons. The molecule has 0 aliphatic carbocycles. The zero-order chi connectivity index (χ0) is 16.3. The number of nitrogens with two attached hydrogens (primary N) is 1. The number of primary amides is 1. The van der Waals surface area contributed by atoms with Crippen molar-refractivity contribution >= 4 is 23.2 Å². The van der Waals surface area contributed by atoms with Crippen LogP contribution in [0.15, 0.2) is 11.4 Å². The summed E-state index contributed by atoms with van der Waals surface area (Å²) < 4.78 is 5.92. The summed E-state index contributed by atoms with van der Waals surface area (Å²) in [5, 5.41) is 4.57. The van der Waals surface area contributed by atoms with Crippen molar-refractivity contribution in [1.29, 1.82) is 0 Å². The first-order valence-electron chi connectivity index (χ1n) is 7.57. The summed E-state index contributed by atoms with van der Waals surface area (Å²) in [5.74, 6) is -0.354. The number of amides is 2. The van der Waals surface area contributed by atoms with E-state index in [0.717, 1.165) is 19.4 Å². The fourth-order valence-electron chi connectivity index (χ4n) is 2.90. The van der Waals surface area contributed by atoms with E-state index in [0.29, 0.717) is 22.9 Å². The minimum Gasteiger partial charge on any atom is -0.377 e. The van der Waals surface area contributed by atoms with Crippen molar-refractivity contribution in [3.05, 3.63) is 21.9 Å². The summed E-state index contributed by atoms with van der Waals surface area (Å²) in [4.78, 5) is 23.8. The van der Waals surface area contributed by atoms with Gasteiger partial charge in [0, 0.05) is 24.4 Å². The third kappa shape index (κ3) is 4.08. The topological polar surface area (TPSA) is 81.4 Å². The highest BCUT2D eigenvalue weighted by Gasteiger charge is 2.35. The van der Waals surface area contributed by atoms with Crippen LogP contribution in [0.2, 0.25) is 0 Å². The largest absolute Gasteiger partial charge is 0.377 e. The maximum absolute atomic E-state index is 12.2. The molecule has 2 unspecified atom stereocenters. The lowest BCUT2D eigenvalue weighted by Crippen LogP contribution is -2.45. The fourth-order valence-corrected chi connectivity index (χ4v) is 3.72. The molecule has 1 fully saturated rings. The minimum atomic E-state index is -0.510. The lowest BCUT2D eigenvalue weighted by Gasteiger charge is -2.40. The highest BCUT2D eigenvalue weighted by molar-refractivity contribution is 7.12. The van der Waals surface area contributed by atoms with Crippen molar-refractivity contribution in [1.82, 2.24) is 5.32 Å². The zero-order valence-electron chi connectivity index (χ0n) is 13.3. The minimum absolute atomic E-state index is 0.0535. The van der Waals surface area contributed by atoms with Crippen LogP contribution in [0.5, 0.6) is 0 Å². The second kappa shape index (κ2) is 6.79. The van der Waals surface area contributed by atoms with Gasteiger partial charge in [0.2, 0.25) is 5.91 Å². The van der Waals surface area contributed by atoms with Gasteiger partial charge in [-0.05, 0) is 24.3 Å². The van der Waals surface area contributed by atoms with Crippen LogP contribution in [-0.2, 0) is 4.74 Å². The van der Waals surface area contributed by atoms with E-state index in [2.05, 4.69) is 26.1 Å². The molecule has 0 radical (unpaired) electrons. The molecule has 2 rings (SSSR count). The Kier molecular flexibility index (Phi) is 5.24. The number of carbonyl (C=O) groups excluding carboxylic acids is 2. The SMILES string of the molecule is CC(C)(C)C1OCCCC1CNC(=O)c1cc(C(N)=O)cs1. The molecule has 1 aromatic heterocycles. The Balaban J connectivity index is 1.95. The van der Waals surface area contributed by atoms with E-state index in [1.54, 1.807) is 11.4 Å². The van der Waals surface area contributed by atoms with E-state index in [4.69, 9.17) is 10.5 Å². The molecular formula is C16H24N2O3S. The highest BCUT2D eigenvalue weighted by atomic mass is 32.1. The quantitative estimate of drug-likeness (QED) is 0.892. The molecular weight excluding hydrogens is 300 g/mol. The van der Waals surface area contributed by atoms with Crippen LogP contribution in [0.1, 0.15) is 53.6 Å². The average Bonchev–Trinajstić information content (AvgIpc) is 2.94. The third-order valence-corrected chi connectivity index (χ3v) is 4.86. The van der Waals surface area contributed by atoms with Gasteiger partial charge in [-0.1, -0.05) is 20.8 Å². The van der Waals surface area contributed by atoms with E-state index in [-0.39, 0.29) is 17.4 Å². The van der Waals surface area contributed by atoms with Gasteiger partial charge in [-0.3, -0.25) is 9.59 Å². The van der Waals surface area contributed by atoms with Crippen molar-refractivity contribution < 1.29 is 14.3 Å². The van der Waals surface area contributed by atoms with Gasteiger partial charge in [-0.15, -0.1) is 11.3 Å². The second-order valence-electron chi connectivity index (χ2n) is 6.83. The molecule has 22 heavy (non-hydrogen) atoms. The van der Waals surface area contributed by atoms with Crippen molar-refractivity contribution in [2.45, 2.75) is 39.7 Å². The van der Waals surface area contributed by atoms with Gasteiger partial charge in [0.15, 0.2) is 0 Å². The predicted octanol–water partition coefficient (Wildman–Crippen LogP) is 2.42. The number of hydrogen-bond acceptors (Lipinski definition) is 4. The van der Waals surface area contributed by atoms with Crippen LogP contribution < -0.4 is 11.1 Å². The molecule has 0 saturated carbocycles. The Morgan fingerprint density at radius 3 is 2.77 bits per heavy atom. The zero-order valence-corrected chi connectivity index (χ0v) is 14.2. The Labute approximate surface area is 135 Å². The molecule has 2 atom stereocenters. The van der Waals surface area contributed by atoms with Gasteiger partial charge >= 0.3 is 0 Å². The molecule has 1 saturated heterocycles. The first kappa shape index (κ1) is 17.0. The first-order chi connectivity index (χ1) is 10.3. The monoisotopic (exact) mass is 324 g/mol. The fraction of sp³-hybridized carbons (Fsp3) is 0.625. The lowest BCUT2D eigenvalue weighted by molar-refractivity contribution is -0.0839. The van der Waals surface area contributed by atoms with E-state index < -0.39 is 5.91 Å². The maximum atomic E-state index is 12.2. The van der Waals surface area contributed by atoms with Gasteiger partial charge < -0.3 is 15.8 Å². The lowest BCUT2D eigenvalue weighted by atomic mass is 9.78. The molecule has 2 heterocycles. The van der Waals surface area contributed by atoms with Gasteiger partial charge in [0.05, 0.1) is 16.5 Å². The molecule has 5 nitrogen and oxygen atoms in total. The van der Waals surface area contributed by atoms with E-state index >= 15 is 0 Å². The normalized spacial score (nSPS) is 22.3. The van der Waals surface area contributed by atoms with Crippen LogP contribution in [0.25, 0.3) is 0 Å². The van der Waals surface area contributed by atoms with Crippen LogP contribution >= 0.6 is 11.3 Å². The van der Waals surface area contributed by atoms with E-state index in [1.165, 1.54) is 11.3 Å².